The number of carbonyl (C=O) groups excluding carboxylic acids is 2. The van der Waals surface area contributed by atoms with Gasteiger partial charge < -0.3 is 15.0 Å². The normalized spacial score (nSPS) is 12.7. The highest BCUT2D eigenvalue weighted by Crippen LogP contribution is 2.23. The van der Waals surface area contributed by atoms with E-state index in [4.69, 9.17) is 27.9 Å². The Hall–Kier alpha value is -2.24. The molecular formula is C23H28Cl2N2O3. The molecule has 0 saturated heterocycles. The summed E-state index contributed by atoms with van der Waals surface area (Å²) in [6.45, 7) is 5.99. The van der Waals surface area contributed by atoms with Crippen molar-refractivity contribution in [3.05, 3.63) is 63.6 Å². The number of benzene rings is 2. The predicted molar refractivity (Wildman–Crippen MR) is 121 cm³/mol. The molecule has 2 atom stereocenters. The highest BCUT2D eigenvalue weighted by atomic mass is 35.5. The van der Waals surface area contributed by atoms with Crippen LogP contribution in [0.1, 0.15) is 38.3 Å². The van der Waals surface area contributed by atoms with E-state index in [2.05, 4.69) is 5.32 Å². The van der Waals surface area contributed by atoms with E-state index in [0.717, 1.165) is 23.3 Å². The molecule has 1 N–H and O–H groups in total. The Balaban J connectivity index is 2.24. The van der Waals surface area contributed by atoms with E-state index in [1.807, 2.05) is 38.1 Å². The lowest BCUT2D eigenvalue weighted by molar-refractivity contribution is -0.140. The zero-order valence-electron chi connectivity index (χ0n) is 17.7. The molecule has 7 heteroatoms. The lowest BCUT2D eigenvalue weighted by Gasteiger charge is -2.30. The van der Waals surface area contributed by atoms with Crippen molar-refractivity contribution in [2.45, 2.75) is 52.2 Å². The zero-order valence-corrected chi connectivity index (χ0v) is 19.3. The first kappa shape index (κ1) is 24.0. The second-order valence-corrected chi connectivity index (χ2v) is 8.10. The topological polar surface area (TPSA) is 58.6 Å². The molecule has 0 bridgehead atoms. The number of amides is 2. The highest BCUT2D eigenvalue weighted by molar-refractivity contribution is 6.42. The average Bonchev–Trinajstić information content (AvgIpc) is 2.74. The minimum atomic E-state index is -0.628. The van der Waals surface area contributed by atoms with Crippen molar-refractivity contribution in [1.82, 2.24) is 10.2 Å². The van der Waals surface area contributed by atoms with Gasteiger partial charge in [0.25, 0.3) is 0 Å². The Kier molecular flexibility index (Phi) is 9.00. The maximum Gasteiger partial charge on any atom is 0.242 e. The van der Waals surface area contributed by atoms with E-state index in [1.165, 1.54) is 0 Å². The van der Waals surface area contributed by atoms with Crippen LogP contribution in [0.2, 0.25) is 10.0 Å². The van der Waals surface area contributed by atoms with E-state index in [0.29, 0.717) is 16.6 Å². The third-order valence-electron chi connectivity index (χ3n) is 5.02. The molecule has 0 fully saturated rings. The predicted octanol–water partition coefficient (Wildman–Crippen LogP) is 4.88. The summed E-state index contributed by atoms with van der Waals surface area (Å²) < 4.78 is 5.20. The first-order valence-electron chi connectivity index (χ1n) is 9.91. The maximum absolute atomic E-state index is 13.2. The standard InChI is InChI=1S/C23H28Cl2N2O3/c1-5-15(2)26-23(29)16(3)27(14-17-6-9-19(30-4)10-7-17)22(28)13-18-8-11-20(24)21(25)12-18/h6-12,15-16H,5,13-14H2,1-4H3,(H,26,29)/t15-,16-/m0/s1. The summed E-state index contributed by atoms with van der Waals surface area (Å²) in [7, 11) is 1.60. The fraction of sp³-hybridized carbons (Fsp3) is 0.391. The molecule has 0 saturated carbocycles. The first-order chi connectivity index (χ1) is 14.2. The number of ether oxygens (including phenoxy) is 1. The monoisotopic (exact) mass is 450 g/mol. The van der Waals surface area contributed by atoms with Gasteiger partial charge in [-0.15, -0.1) is 0 Å². The van der Waals surface area contributed by atoms with Crippen LogP contribution in [0, 0.1) is 0 Å². The SMILES string of the molecule is CC[C@H](C)NC(=O)[C@H](C)N(Cc1ccc(OC)cc1)C(=O)Cc1ccc(Cl)c(Cl)c1. The summed E-state index contributed by atoms with van der Waals surface area (Å²) in [5.74, 6) is 0.381. The van der Waals surface area contributed by atoms with Crippen molar-refractivity contribution >= 4 is 35.0 Å². The van der Waals surface area contributed by atoms with Crippen LogP contribution in [0.4, 0.5) is 0 Å². The molecule has 2 aromatic rings. The van der Waals surface area contributed by atoms with Crippen LogP contribution in [0.3, 0.4) is 0 Å². The average molecular weight is 451 g/mol. The number of hydrogen-bond acceptors (Lipinski definition) is 3. The van der Waals surface area contributed by atoms with Crippen LogP contribution >= 0.6 is 23.2 Å². The number of hydrogen-bond donors (Lipinski definition) is 1. The molecule has 0 unspecified atom stereocenters. The molecule has 30 heavy (non-hydrogen) atoms. The van der Waals surface area contributed by atoms with Gasteiger partial charge in [0, 0.05) is 12.6 Å². The Bertz CT molecular complexity index is 871. The number of methoxy groups -OCH3 is 1. The summed E-state index contributed by atoms with van der Waals surface area (Å²) in [5, 5.41) is 3.79. The van der Waals surface area contributed by atoms with Gasteiger partial charge in [-0.1, -0.05) is 48.3 Å². The molecule has 2 rings (SSSR count). The smallest absolute Gasteiger partial charge is 0.242 e. The van der Waals surface area contributed by atoms with Crippen LogP contribution in [0.5, 0.6) is 5.75 Å². The summed E-state index contributed by atoms with van der Waals surface area (Å²) in [6.07, 6.45) is 0.933. The second-order valence-electron chi connectivity index (χ2n) is 7.29. The van der Waals surface area contributed by atoms with E-state index in [1.54, 1.807) is 37.1 Å². The Morgan fingerprint density at radius 3 is 2.23 bits per heavy atom. The number of halogens is 2. The van der Waals surface area contributed by atoms with Crippen molar-refractivity contribution in [3.8, 4) is 5.75 Å². The van der Waals surface area contributed by atoms with Gasteiger partial charge in [0.05, 0.1) is 23.6 Å². The lowest BCUT2D eigenvalue weighted by Crippen LogP contribution is -2.49. The van der Waals surface area contributed by atoms with Crippen LogP contribution in [0.15, 0.2) is 42.5 Å². The lowest BCUT2D eigenvalue weighted by atomic mass is 10.1. The van der Waals surface area contributed by atoms with E-state index >= 15 is 0 Å². The summed E-state index contributed by atoms with van der Waals surface area (Å²) in [6, 6.07) is 12.0. The van der Waals surface area contributed by atoms with Crippen molar-refractivity contribution in [2.24, 2.45) is 0 Å². The van der Waals surface area contributed by atoms with Crippen molar-refractivity contribution in [1.29, 1.82) is 0 Å². The zero-order chi connectivity index (χ0) is 22.3. The van der Waals surface area contributed by atoms with E-state index in [9.17, 15) is 9.59 Å². The molecule has 5 nitrogen and oxygen atoms in total. The summed E-state index contributed by atoms with van der Waals surface area (Å²) >= 11 is 12.1. The van der Waals surface area contributed by atoms with Crippen LogP contribution in [-0.4, -0.2) is 35.9 Å². The molecule has 0 heterocycles. The van der Waals surface area contributed by atoms with Crippen molar-refractivity contribution in [2.75, 3.05) is 7.11 Å². The molecule has 0 radical (unpaired) electrons. The molecule has 0 spiro atoms. The van der Waals surface area contributed by atoms with Crippen LogP contribution < -0.4 is 10.1 Å². The Morgan fingerprint density at radius 1 is 1.03 bits per heavy atom. The number of nitrogens with one attached hydrogen (secondary N) is 1. The van der Waals surface area contributed by atoms with Crippen LogP contribution in [0.25, 0.3) is 0 Å². The molecule has 0 aromatic heterocycles. The third kappa shape index (κ3) is 6.64. The minimum absolute atomic E-state index is 0.0351. The number of carbonyl (C=O) groups is 2. The first-order valence-corrected chi connectivity index (χ1v) is 10.7. The maximum atomic E-state index is 13.2. The second kappa shape index (κ2) is 11.2. The minimum Gasteiger partial charge on any atom is -0.497 e. The third-order valence-corrected chi connectivity index (χ3v) is 5.76. The molecular weight excluding hydrogens is 423 g/mol. The largest absolute Gasteiger partial charge is 0.497 e. The fourth-order valence-corrected chi connectivity index (χ4v) is 3.22. The molecule has 0 aliphatic heterocycles. The van der Waals surface area contributed by atoms with Crippen LogP contribution in [-0.2, 0) is 22.6 Å². The fourth-order valence-electron chi connectivity index (χ4n) is 2.90. The van der Waals surface area contributed by atoms with Gasteiger partial charge in [-0.2, -0.15) is 0 Å². The Morgan fingerprint density at radius 2 is 1.67 bits per heavy atom. The summed E-state index contributed by atoms with van der Waals surface area (Å²) in [5.41, 5.74) is 1.64. The molecule has 2 amide bonds. The molecule has 0 aliphatic carbocycles. The van der Waals surface area contributed by atoms with Gasteiger partial charge in [-0.05, 0) is 55.7 Å². The van der Waals surface area contributed by atoms with Gasteiger partial charge in [0.2, 0.25) is 11.8 Å². The van der Waals surface area contributed by atoms with Gasteiger partial charge >= 0.3 is 0 Å². The number of nitrogens with zero attached hydrogens (tertiary/aromatic N) is 1. The van der Waals surface area contributed by atoms with Gasteiger partial charge in [-0.25, -0.2) is 0 Å². The molecule has 2 aromatic carbocycles. The van der Waals surface area contributed by atoms with Gasteiger partial charge in [0.1, 0.15) is 11.8 Å². The Labute approximate surface area is 188 Å². The molecule has 162 valence electrons. The van der Waals surface area contributed by atoms with Gasteiger partial charge in [0.15, 0.2) is 0 Å². The highest BCUT2D eigenvalue weighted by Gasteiger charge is 2.27. The van der Waals surface area contributed by atoms with E-state index < -0.39 is 6.04 Å². The molecule has 0 aliphatic rings. The number of rotatable bonds is 9. The van der Waals surface area contributed by atoms with E-state index in [-0.39, 0.29) is 24.3 Å². The quantitative estimate of drug-likeness (QED) is 0.592. The van der Waals surface area contributed by atoms with Crippen molar-refractivity contribution in [3.63, 3.8) is 0 Å². The summed E-state index contributed by atoms with van der Waals surface area (Å²) in [4.78, 5) is 27.5. The van der Waals surface area contributed by atoms with Crippen molar-refractivity contribution < 1.29 is 14.3 Å². The van der Waals surface area contributed by atoms with Gasteiger partial charge in [-0.3, -0.25) is 9.59 Å².